The molecule has 2 aliphatic rings. The Morgan fingerprint density at radius 2 is 1.55 bits per heavy atom. The Morgan fingerprint density at radius 1 is 0.909 bits per heavy atom. The van der Waals surface area contributed by atoms with Crippen LogP contribution < -0.4 is 10.9 Å². The van der Waals surface area contributed by atoms with Crippen molar-refractivity contribution in [2.75, 3.05) is 32.8 Å². The number of benzene rings is 2. The Morgan fingerprint density at radius 3 is 2.18 bits per heavy atom. The summed E-state index contributed by atoms with van der Waals surface area (Å²) in [4.78, 5) is 50.1. The van der Waals surface area contributed by atoms with Crippen LogP contribution >= 0.6 is 0 Å². The Kier molecular flexibility index (Phi) is 6.22. The standard InChI is InChI=1S/C21H20N4O7S/c26-18(13-25-20(28)16-6-1-2-7-17(16)21(25)29)22-23-19(27)14-4-3-5-15(12-14)33(30,31)24-8-10-32-11-9-24/h1-7,12H,8-11,13H2,(H,22,26)(H,23,27). The highest BCUT2D eigenvalue weighted by atomic mass is 32.2. The maximum atomic E-state index is 12.8. The predicted octanol–water partition coefficient (Wildman–Crippen LogP) is -0.235. The lowest BCUT2D eigenvalue weighted by atomic mass is 10.1. The topological polar surface area (TPSA) is 142 Å². The number of fused-ring (bicyclic) bond motifs is 1. The van der Waals surface area contributed by atoms with Gasteiger partial charge in [-0.15, -0.1) is 0 Å². The average molecular weight is 472 g/mol. The second kappa shape index (κ2) is 9.10. The molecule has 1 saturated heterocycles. The SMILES string of the molecule is O=C(CN1C(=O)c2ccccc2C1=O)NNC(=O)c1cccc(S(=O)(=O)N2CCOCC2)c1. The molecule has 172 valence electrons. The van der Waals surface area contributed by atoms with Gasteiger partial charge in [0.25, 0.3) is 23.6 Å². The number of nitrogens with zero attached hydrogens (tertiary/aromatic N) is 2. The number of rotatable bonds is 5. The second-order valence-corrected chi connectivity index (χ2v) is 9.23. The molecule has 0 unspecified atom stereocenters. The number of hydrazine groups is 1. The fraction of sp³-hybridized carbons (Fsp3) is 0.238. The third-order valence-electron chi connectivity index (χ3n) is 5.20. The van der Waals surface area contributed by atoms with Gasteiger partial charge in [-0.1, -0.05) is 18.2 Å². The van der Waals surface area contributed by atoms with E-state index in [0.29, 0.717) is 13.2 Å². The highest BCUT2D eigenvalue weighted by molar-refractivity contribution is 7.89. The van der Waals surface area contributed by atoms with Crippen molar-refractivity contribution in [2.24, 2.45) is 0 Å². The molecule has 4 rings (SSSR count). The summed E-state index contributed by atoms with van der Waals surface area (Å²) in [5, 5.41) is 0. The number of hydrogen-bond acceptors (Lipinski definition) is 7. The van der Waals surface area contributed by atoms with Crippen LogP contribution in [0.15, 0.2) is 53.4 Å². The van der Waals surface area contributed by atoms with Gasteiger partial charge in [-0.05, 0) is 30.3 Å². The van der Waals surface area contributed by atoms with Crippen molar-refractivity contribution in [3.05, 3.63) is 65.2 Å². The van der Waals surface area contributed by atoms with E-state index in [2.05, 4.69) is 10.9 Å². The van der Waals surface area contributed by atoms with Crippen molar-refractivity contribution in [1.29, 1.82) is 0 Å². The molecule has 0 spiro atoms. The average Bonchev–Trinajstić information content (AvgIpc) is 3.08. The molecule has 1 fully saturated rings. The van der Waals surface area contributed by atoms with Crippen molar-refractivity contribution in [1.82, 2.24) is 20.1 Å². The van der Waals surface area contributed by atoms with Gasteiger partial charge in [0.1, 0.15) is 6.54 Å². The summed E-state index contributed by atoms with van der Waals surface area (Å²) in [6, 6.07) is 11.6. The van der Waals surface area contributed by atoms with E-state index in [9.17, 15) is 27.6 Å². The van der Waals surface area contributed by atoms with E-state index >= 15 is 0 Å². The molecule has 2 aromatic carbocycles. The molecular formula is C21H20N4O7S. The van der Waals surface area contributed by atoms with Gasteiger partial charge in [0.2, 0.25) is 10.0 Å². The zero-order valence-electron chi connectivity index (χ0n) is 17.3. The minimum atomic E-state index is -3.80. The smallest absolute Gasteiger partial charge is 0.269 e. The Labute approximate surface area is 189 Å². The lowest BCUT2D eigenvalue weighted by molar-refractivity contribution is -0.122. The zero-order chi connectivity index (χ0) is 23.6. The summed E-state index contributed by atoms with van der Waals surface area (Å²) in [5.74, 6) is -2.75. The van der Waals surface area contributed by atoms with Crippen LogP contribution in [0.2, 0.25) is 0 Å². The first-order valence-electron chi connectivity index (χ1n) is 10.0. The molecule has 2 aliphatic heterocycles. The first-order valence-corrected chi connectivity index (χ1v) is 11.5. The highest BCUT2D eigenvalue weighted by Crippen LogP contribution is 2.22. The summed E-state index contributed by atoms with van der Waals surface area (Å²) >= 11 is 0. The molecular weight excluding hydrogens is 452 g/mol. The molecule has 11 nitrogen and oxygen atoms in total. The van der Waals surface area contributed by atoms with Crippen molar-refractivity contribution in [2.45, 2.75) is 4.90 Å². The molecule has 2 N–H and O–H groups in total. The van der Waals surface area contributed by atoms with Crippen LogP contribution in [0.5, 0.6) is 0 Å². The van der Waals surface area contributed by atoms with Crippen LogP contribution in [0, 0.1) is 0 Å². The fourth-order valence-electron chi connectivity index (χ4n) is 3.50. The molecule has 33 heavy (non-hydrogen) atoms. The molecule has 0 bridgehead atoms. The Bertz CT molecular complexity index is 1200. The predicted molar refractivity (Wildman–Crippen MR) is 113 cm³/mol. The number of carbonyl (C=O) groups is 4. The van der Waals surface area contributed by atoms with Crippen molar-refractivity contribution in [3.8, 4) is 0 Å². The summed E-state index contributed by atoms with van der Waals surface area (Å²) in [6.07, 6.45) is 0. The van der Waals surface area contributed by atoms with Gasteiger partial charge in [-0.3, -0.25) is 34.9 Å². The molecule has 2 heterocycles. The summed E-state index contributed by atoms with van der Waals surface area (Å²) in [6.45, 7) is 0.425. The maximum absolute atomic E-state index is 12.8. The number of hydrogen-bond donors (Lipinski definition) is 2. The van der Waals surface area contributed by atoms with E-state index in [1.807, 2.05) is 0 Å². The summed E-state index contributed by atoms with van der Waals surface area (Å²) < 4.78 is 32.0. The van der Waals surface area contributed by atoms with Gasteiger partial charge in [-0.2, -0.15) is 4.31 Å². The molecule has 0 radical (unpaired) electrons. The van der Waals surface area contributed by atoms with Gasteiger partial charge < -0.3 is 4.74 Å². The van der Waals surface area contributed by atoms with E-state index in [1.54, 1.807) is 12.1 Å². The van der Waals surface area contributed by atoms with E-state index in [4.69, 9.17) is 4.74 Å². The minimum absolute atomic E-state index is 0.00497. The molecule has 0 atom stereocenters. The van der Waals surface area contributed by atoms with E-state index < -0.39 is 40.2 Å². The minimum Gasteiger partial charge on any atom is -0.379 e. The monoisotopic (exact) mass is 472 g/mol. The quantitative estimate of drug-likeness (QED) is 0.452. The molecule has 0 aliphatic carbocycles. The normalized spacial score (nSPS) is 16.4. The van der Waals surface area contributed by atoms with Gasteiger partial charge in [0.15, 0.2) is 0 Å². The fourth-order valence-corrected chi connectivity index (χ4v) is 4.95. The largest absolute Gasteiger partial charge is 0.379 e. The number of morpholine rings is 1. The first kappa shape index (κ1) is 22.6. The van der Waals surface area contributed by atoms with Gasteiger partial charge in [0, 0.05) is 18.7 Å². The van der Waals surface area contributed by atoms with E-state index in [0.717, 1.165) is 4.90 Å². The van der Waals surface area contributed by atoms with Gasteiger partial charge in [-0.25, -0.2) is 8.42 Å². The number of imide groups is 1. The van der Waals surface area contributed by atoms with Crippen LogP contribution in [0.25, 0.3) is 0 Å². The van der Waals surface area contributed by atoms with Gasteiger partial charge in [0.05, 0.1) is 29.2 Å². The second-order valence-electron chi connectivity index (χ2n) is 7.29. The number of sulfonamides is 1. The first-order chi connectivity index (χ1) is 15.8. The third kappa shape index (κ3) is 4.49. The van der Waals surface area contributed by atoms with Crippen molar-refractivity contribution in [3.63, 3.8) is 0 Å². The third-order valence-corrected chi connectivity index (χ3v) is 7.09. The molecule has 2 aromatic rings. The maximum Gasteiger partial charge on any atom is 0.269 e. The van der Waals surface area contributed by atoms with Crippen LogP contribution in [0.3, 0.4) is 0 Å². The molecule has 4 amide bonds. The number of ether oxygens (including phenoxy) is 1. The van der Waals surface area contributed by atoms with Crippen LogP contribution in [-0.2, 0) is 19.6 Å². The number of nitrogens with one attached hydrogen (secondary N) is 2. The summed E-state index contributed by atoms with van der Waals surface area (Å²) in [7, 11) is -3.80. The number of amides is 4. The van der Waals surface area contributed by atoms with Crippen molar-refractivity contribution >= 4 is 33.7 Å². The Balaban J connectivity index is 1.37. The molecule has 0 saturated carbocycles. The lowest BCUT2D eigenvalue weighted by Gasteiger charge is -2.26. The summed E-state index contributed by atoms with van der Waals surface area (Å²) in [5.41, 5.74) is 4.72. The van der Waals surface area contributed by atoms with Crippen LogP contribution in [0.1, 0.15) is 31.1 Å². The Hall–Kier alpha value is -3.61. The van der Waals surface area contributed by atoms with Gasteiger partial charge >= 0.3 is 0 Å². The van der Waals surface area contributed by atoms with E-state index in [-0.39, 0.29) is 34.7 Å². The highest BCUT2D eigenvalue weighted by Gasteiger charge is 2.36. The number of carbonyl (C=O) groups excluding carboxylic acids is 4. The lowest BCUT2D eigenvalue weighted by Crippen LogP contribution is -2.47. The van der Waals surface area contributed by atoms with Crippen LogP contribution in [0.4, 0.5) is 0 Å². The van der Waals surface area contributed by atoms with E-state index in [1.165, 1.54) is 40.7 Å². The molecule has 12 heteroatoms. The van der Waals surface area contributed by atoms with Crippen LogP contribution in [-0.4, -0.2) is 74.1 Å². The zero-order valence-corrected chi connectivity index (χ0v) is 18.1. The van der Waals surface area contributed by atoms with Crippen molar-refractivity contribution < 1.29 is 32.3 Å². The molecule has 0 aromatic heterocycles.